The molecule has 0 spiro atoms. The molecule has 1 heterocycles. The molecule has 1 aliphatic heterocycles. The van der Waals surface area contributed by atoms with Crippen LogP contribution in [-0.4, -0.2) is 41.2 Å². The molecule has 2 aliphatic rings. The maximum absolute atomic E-state index is 12.4. The molecule has 0 aromatic heterocycles. The molecule has 3 unspecified atom stereocenters. The van der Waals surface area contributed by atoms with Crippen molar-refractivity contribution < 1.29 is 23.9 Å². The monoisotopic (exact) mass is 426 g/mol. The van der Waals surface area contributed by atoms with Crippen molar-refractivity contribution in [3.63, 3.8) is 0 Å². The topological polar surface area (TPSA) is 92.8 Å². The molecule has 0 radical (unpaired) electrons. The van der Waals surface area contributed by atoms with E-state index in [2.05, 4.69) is 5.32 Å². The first-order valence-electron chi connectivity index (χ1n) is 9.08. The summed E-state index contributed by atoms with van der Waals surface area (Å²) in [5, 5.41) is 3.21. The zero-order chi connectivity index (χ0) is 20.4. The number of anilines is 1. The van der Waals surface area contributed by atoms with E-state index in [4.69, 9.17) is 27.9 Å². The summed E-state index contributed by atoms with van der Waals surface area (Å²) in [6, 6.07) is 4.56. The quantitative estimate of drug-likeness (QED) is 0.576. The largest absolute Gasteiger partial charge is 0.451 e. The van der Waals surface area contributed by atoms with Crippen molar-refractivity contribution in [3.8, 4) is 0 Å². The van der Waals surface area contributed by atoms with Gasteiger partial charge < -0.3 is 10.1 Å². The Morgan fingerprint density at radius 1 is 1.18 bits per heavy atom. The van der Waals surface area contributed by atoms with Crippen LogP contribution in [0.1, 0.15) is 32.6 Å². The second-order valence-electron chi connectivity index (χ2n) is 7.01. The Morgan fingerprint density at radius 2 is 1.79 bits per heavy atom. The number of likely N-dealkylation sites (tertiary alicyclic amines) is 1. The lowest BCUT2D eigenvalue weighted by molar-refractivity contribution is -0.158. The van der Waals surface area contributed by atoms with E-state index in [1.54, 1.807) is 6.07 Å². The molecule has 1 saturated carbocycles. The van der Waals surface area contributed by atoms with Crippen LogP contribution >= 0.6 is 23.2 Å². The van der Waals surface area contributed by atoms with Gasteiger partial charge >= 0.3 is 5.97 Å². The minimum atomic E-state index is -1.13. The van der Waals surface area contributed by atoms with E-state index in [0.29, 0.717) is 23.6 Å². The molecule has 28 heavy (non-hydrogen) atoms. The molecular weight excluding hydrogens is 407 g/mol. The smallest absolute Gasteiger partial charge is 0.326 e. The number of fused-ring (bicyclic) bond motifs is 1. The number of nitrogens with zero attached hydrogens (tertiary/aromatic N) is 1. The lowest BCUT2D eigenvalue weighted by atomic mass is 9.81. The van der Waals surface area contributed by atoms with E-state index in [1.165, 1.54) is 19.1 Å². The average Bonchev–Trinajstić information content (AvgIpc) is 2.89. The Labute approximate surface area is 172 Å². The summed E-state index contributed by atoms with van der Waals surface area (Å²) in [4.78, 5) is 50.2. The van der Waals surface area contributed by atoms with Crippen LogP contribution in [0.15, 0.2) is 18.2 Å². The normalized spacial score (nSPS) is 22.6. The highest BCUT2D eigenvalue weighted by atomic mass is 35.5. The Bertz CT molecular complexity index is 805. The first-order chi connectivity index (χ1) is 13.3. The van der Waals surface area contributed by atoms with E-state index in [-0.39, 0.29) is 28.7 Å². The van der Waals surface area contributed by atoms with Gasteiger partial charge in [0.2, 0.25) is 11.8 Å². The number of hydrogen-bond donors (Lipinski definition) is 1. The number of rotatable bonds is 5. The molecule has 150 valence electrons. The molecule has 1 saturated heterocycles. The first kappa shape index (κ1) is 20.6. The maximum Gasteiger partial charge on any atom is 0.326 e. The van der Waals surface area contributed by atoms with Crippen LogP contribution < -0.4 is 5.32 Å². The zero-order valence-electron chi connectivity index (χ0n) is 15.2. The van der Waals surface area contributed by atoms with E-state index in [0.717, 1.165) is 17.7 Å². The van der Waals surface area contributed by atoms with Gasteiger partial charge in [-0.1, -0.05) is 36.0 Å². The van der Waals surface area contributed by atoms with Crippen LogP contribution in [0.5, 0.6) is 0 Å². The summed E-state index contributed by atoms with van der Waals surface area (Å²) in [6.07, 6.45) is 2.02. The van der Waals surface area contributed by atoms with Gasteiger partial charge in [-0.25, -0.2) is 0 Å². The van der Waals surface area contributed by atoms with Crippen LogP contribution in [0.25, 0.3) is 0 Å². The van der Waals surface area contributed by atoms with Gasteiger partial charge in [0, 0.05) is 5.02 Å². The summed E-state index contributed by atoms with van der Waals surface area (Å²) in [5.74, 6) is -2.72. The molecule has 3 rings (SSSR count). The Morgan fingerprint density at radius 3 is 2.36 bits per heavy atom. The first-order valence-corrected chi connectivity index (χ1v) is 9.84. The SMILES string of the molecule is CC(OC(=O)CN1C(=O)C2CCCCC2C1=O)C(=O)Nc1ccc(Cl)cc1Cl. The van der Waals surface area contributed by atoms with Crippen molar-refractivity contribution in [1.82, 2.24) is 4.90 Å². The minimum Gasteiger partial charge on any atom is -0.451 e. The second-order valence-corrected chi connectivity index (χ2v) is 7.85. The van der Waals surface area contributed by atoms with Gasteiger partial charge in [-0.15, -0.1) is 0 Å². The lowest BCUT2D eigenvalue weighted by Gasteiger charge is -2.19. The molecule has 1 aromatic rings. The van der Waals surface area contributed by atoms with E-state index in [9.17, 15) is 19.2 Å². The van der Waals surface area contributed by atoms with Crippen molar-refractivity contribution in [3.05, 3.63) is 28.2 Å². The third-order valence-corrected chi connectivity index (χ3v) is 5.63. The molecule has 7 nitrogen and oxygen atoms in total. The number of carbonyl (C=O) groups is 4. The number of amides is 3. The van der Waals surface area contributed by atoms with Gasteiger partial charge in [-0.3, -0.25) is 24.1 Å². The van der Waals surface area contributed by atoms with Gasteiger partial charge in [0.25, 0.3) is 5.91 Å². The third-order valence-electron chi connectivity index (χ3n) is 5.09. The molecule has 1 N–H and O–H groups in total. The second kappa shape index (κ2) is 8.49. The summed E-state index contributed by atoms with van der Waals surface area (Å²) in [6.45, 7) is 0.911. The highest BCUT2D eigenvalue weighted by molar-refractivity contribution is 6.36. The van der Waals surface area contributed by atoms with Crippen LogP contribution in [0.2, 0.25) is 10.0 Å². The van der Waals surface area contributed by atoms with Crippen LogP contribution in [0.3, 0.4) is 0 Å². The van der Waals surface area contributed by atoms with Gasteiger partial charge in [-0.2, -0.15) is 0 Å². The van der Waals surface area contributed by atoms with Crippen LogP contribution in [0.4, 0.5) is 5.69 Å². The van der Waals surface area contributed by atoms with Gasteiger partial charge in [0.05, 0.1) is 22.5 Å². The standard InChI is InChI=1S/C19H20Cl2N2O5/c1-10(17(25)22-15-7-6-11(20)8-14(15)21)28-16(24)9-23-18(26)12-4-2-3-5-13(12)19(23)27/h6-8,10,12-13H,2-5,9H2,1H3,(H,22,25). The van der Waals surface area contributed by atoms with Crippen molar-refractivity contribution in [2.24, 2.45) is 11.8 Å². The molecule has 1 aromatic carbocycles. The zero-order valence-corrected chi connectivity index (χ0v) is 16.8. The fourth-order valence-corrected chi connectivity index (χ4v) is 4.08. The number of halogens is 2. The Balaban J connectivity index is 1.56. The number of esters is 1. The van der Waals surface area contributed by atoms with Crippen LogP contribution in [-0.2, 0) is 23.9 Å². The van der Waals surface area contributed by atoms with E-state index >= 15 is 0 Å². The van der Waals surface area contributed by atoms with Gasteiger partial charge in [-0.05, 0) is 38.0 Å². The number of carbonyl (C=O) groups excluding carboxylic acids is 4. The maximum atomic E-state index is 12.4. The van der Waals surface area contributed by atoms with Crippen molar-refractivity contribution >= 4 is 52.6 Å². The predicted molar refractivity (Wildman–Crippen MR) is 103 cm³/mol. The minimum absolute atomic E-state index is 0.246. The summed E-state index contributed by atoms with van der Waals surface area (Å²) in [7, 11) is 0. The van der Waals surface area contributed by atoms with E-state index in [1.807, 2.05) is 0 Å². The Hall–Kier alpha value is -2.12. The molecule has 3 atom stereocenters. The lowest BCUT2D eigenvalue weighted by Crippen LogP contribution is -2.39. The molecular formula is C19H20Cl2N2O5. The fraction of sp³-hybridized carbons (Fsp3) is 0.474. The van der Waals surface area contributed by atoms with Crippen molar-refractivity contribution in [1.29, 1.82) is 0 Å². The molecule has 9 heteroatoms. The third kappa shape index (κ3) is 4.31. The summed E-state index contributed by atoms with van der Waals surface area (Å²) >= 11 is 11.8. The molecule has 1 aliphatic carbocycles. The van der Waals surface area contributed by atoms with Gasteiger partial charge in [0.1, 0.15) is 6.54 Å². The number of ether oxygens (including phenoxy) is 1. The van der Waals surface area contributed by atoms with Gasteiger partial charge in [0.15, 0.2) is 6.10 Å². The summed E-state index contributed by atoms with van der Waals surface area (Å²) in [5.41, 5.74) is 0.327. The highest BCUT2D eigenvalue weighted by Gasteiger charge is 2.48. The molecule has 3 amide bonds. The number of nitrogens with one attached hydrogen (secondary N) is 1. The number of benzene rings is 1. The van der Waals surface area contributed by atoms with Crippen molar-refractivity contribution in [2.75, 3.05) is 11.9 Å². The van der Waals surface area contributed by atoms with Crippen LogP contribution in [0, 0.1) is 11.8 Å². The Kier molecular flexibility index (Phi) is 6.25. The molecule has 0 bridgehead atoms. The number of imide groups is 1. The highest BCUT2D eigenvalue weighted by Crippen LogP contribution is 2.37. The van der Waals surface area contributed by atoms with E-state index < -0.39 is 24.5 Å². The predicted octanol–water partition coefficient (Wildman–Crippen LogP) is 3.04. The average molecular weight is 427 g/mol. The molecule has 2 fully saturated rings. The number of hydrogen-bond acceptors (Lipinski definition) is 5. The fourth-order valence-electron chi connectivity index (χ4n) is 3.63. The van der Waals surface area contributed by atoms with Crippen molar-refractivity contribution in [2.45, 2.75) is 38.7 Å². The summed E-state index contributed by atoms with van der Waals surface area (Å²) < 4.78 is 5.09.